The summed E-state index contributed by atoms with van der Waals surface area (Å²) in [5.74, 6) is 1.79. The second-order valence-corrected chi connectivity index (χ2v) is 12.8. The predicted molar refractivity (Wildman–Crippen MR) is 201 cm³/mol. The van der Waals surface area contributed by atoms with Crippen LogP contribution in [-0.2, 0) is 36.5 Å². The van der Waals surface area contributed by atoms with Crippen molar-refractivity contribution in [2.45, 2.75) is 117 Å². The van der Waals surface area contributed by atoms with Crippen LogP contribution in [-0.4, -0.2) is 79.3 Å². The normalized spacial score (nSPS) is 11.3. The molecule has 7 nitrogen and oxygen atoms in total. The Balaban J connectivity index is 1.26. The highest BCUT2D eigenvalue weighted by Crippen LogP contribution is 2.17. The van der Waals surface area contributed by atoms with E-state index in [9.17, 15) is 0 Å². The second-order valence-electron chi connectivity index (χ2n) is 12.8. The fraction of sp³-hybridized carbons (Fsp3) is 0.714. The molecule has 280 valence electrons. The van der Waals surface area contributed by atoms with Gasteiger partial charge in [0.05, 0.1) is 66.1 Å². The van der Waals surface area contributed by atoms with Gasteiger partial charge in [-0.25, -0.2) is 0 Å². The quantitative estimate of drug-likeness (QED) is 0.0662. The zero-order valence-electron chi connectivity index (χ0n) is 31.3. The van der Waals surface area contributed by atoms with Crippen molar-refractivity contribution >= 4 is 0 Å². The molecule has 0 amide bonds. The summed E-state index contributed by atoms with van der Waals surface area (Å²) in [5.41, 5.74) is 2.78. The molecule has 0 saturated carbocycles. The molecule has 0 radical (unpaired) electrons. The van der Waals surface area contributed by atoms with E-state index in [1.54, 1.807) is 0 Å². The number of hydrogen-bond donors (Lipinski definition) is 0. The van der Waals surface area contributed by atoms with Gasteiger partial charge in [-0.2, -0.15) is 0 Å². The zero-order chi connectivity index (χ0) is 34.7. The number of aryl methyl sites for hydroxylation is 2. The van der Waals surface area contributed by atoms with Gasteiger partial charge in [-0.1, -0.05) is 115 Å². The Hall–Kier alpha value is -2.16. The van der Waals surface area contributed by atoms with Crippen LogP contribution in [0.25, 0.3) is 0 Å². The van der Waals surface area contributed by atoms with Gasteiger partial charge in [0.25, 0.3) is 0 Å². The second kappa shape index (κ2) is 33.0. The van der Waals surface area contributed by atoms with Crippen molar-refractivity contribution < 1.29 is 33.2 Å². The van der Waals surface area contributed by atoms with Crippen LogP contribution in [0.4, 0.5) is 0 Å². The maximum Gasteiger partial charge on any atom is 0.119 e. The van der Waals surface area contributed by atoms with Gasteiger partial charge in [0.15, 0.2) is 0 Å². The summed E-state index contributed by atoms with van der Waals surface area (Å²) >= 11 is 0. The van der Waals surface area contributed by atoms with Gasteiger partial charge in [0, 0.05) is 0 Å². The molecule has 0 unspecified atom stereocenters. The van der Waals surface area contributed by atoms with Crippen molar-refractivity contribution in [2.75, 3.05) is 79.3 Å². The van der Waals surface area contributed by atoms with Gasteiger partial charge in [-0.3, -0.25) is 0 Å². The average molecular weight is 687 g/mol. The molecule has 7 heteroatoms. The average Bonchev–Trinajstić information content (AvgIpc) is 3.13. The molecule has 0 aliphatic carbocycles. The minimum absolute atomic E-state index is 0.535. The number of ether oxygens (including phenoxy) is 7. The van der Waals surface area contributed by atoms with E-state index in [1.807, 2.05) is 0 Å². The lowest BCUT2D eigenvalue weighted by molar-refractivity contribution is -0.0141. The Morgan fingerprint density at radius 1 is 0.306 bits per heavy atom. The molecule has 0 saturated heterocycles. The highest BCUT2D eigenvalue weighted by Gasteiger charge is 2.00. The minimum Gasteiger partial charge on any atom is -0.491 e. The molecule has 0 heterocycles. The molecule has 49 heavy (non-hydrogen) atoms. The highest BCUT2D eigenvalue weighted by atomic mass is 16.6. The fourth-order valence-corrected chi connectivity index (χ4v) is 5.50. The Bertz CT molecular complexity index is 873. The van der Waals surface area contributed by atoms with Crippen LogP contribution in [0.3, 0.4) is 0 Å². The summed E-state index contributed by atoms with van der Waals surface area (Å²) < 4.78 is 39.5. The molecule has 2 rings (SSSR count). The summed E-state index contributed by atoms with van der Waals surface area (Å²) in [6.07, 6.45) is 21.1. The molecule has 0 atom stereocenters. The van der Waals surface area contributed by atoms with E-state index in [0.29, 0.717) is 79.3 Å². The molecule has 0 aromatic heterocycles. The number of unbranched alkanes of at least 4 members (excludes halogenated alkanes) is 12. The zero-order valence-corrected chi connectivity index (χ0v) is 31.3. The lowest BCUT2D eigenvalue weighted by atomic mass is 10.0. The summed E-state index contributed by atoms with van der Waals surface area (Å²) in [7, 11) is 0. The van der Waals surface area contributed by atoms with E-state index in [-0.39, 0.29) is 0 Å². The molecule has 0 fully saturated rings. The van der Waals surface area contributed by atoms with E-state index in [2.05, 4.69) is 62.4 Å². The van der Waals surface area contributed by atoms with Crippen molar-refractivity contribution in [3.8, 4) is 11.5 Å². The lowest BCUT2D eigenvalue weighted by Gasteiger charge is -2.09. The maximum atomic E-state index is 5.80. The van der Waals surface area contributed by atoms with Crippen LogP contribution < -0.4 is 9.47 Å². The molecule has 0 aliphatic rings. The smallest absolute Gasteiger partial charge is 0.119 e. The third-order valence-corrected chi connectivity index (χ3v) is 8.47. The maximum absolute atomic E-state index is 5.80. The summed E-state index contributed by atoms with van der Waals surface area (Å²) in [5, 5.41) is 0. The van der Waals surface area contributed by atoms with Gasteiger partial charge in [-0.05, 0) is 61.1 Å². The van der Waals surface area contributed by atoms with E-state index in [1.165, 1.54) is 101 Å². The predicted octanol–water partition coefficient (Wildman–Crippen LogP) is 9.81. The van der Waals surface area contributed by atoms with Crippen LogP contribution in [0.5, 0.6) is 11.5 Å². The monoisotopic (exact) mass is 687 g/mol. The lowest BCUT2D eigenvalue weighted by Crippen LogP contribution is -2.15. The van der Waals surface area contributed by atoms with Crippen molar-refractivity contribution in [2.24, 2.45) is 0 Å². The van der Waals surface area contributed by atoms with Crippen LogP contribution in [0.1, 0.15) is 115 Å². The first kappa shape index (κ1) is 43.0. The molecule has 0 spiro atoms. The Kier molecular flexibility index (Phi) is 29.0. The molecular weight excluding hydrogens is 616 g/mol. The minimum atomic E-state index is 0.535. The van der Waals surface area contributed by atoms with Crippen LogP contribution in [0.2, 0.25) is 0 Å². The molecule has 0 bridgehead atoms. The first-order valence-electron chi connectivity index (χ1n) is 19.6. The van der Waals surface area contributed by atoms with E-state index in [4.69, 9.17) is 33.2 Å². The number of hydrogen-bond acceptors (Lipinski definition) is 7. The molecule has 2 aromatic carbocycles. The van der Waals surface area contributed by atoms with Crippen molar-refractivity contribution in [3.63, 3.8) is 0 Å². The molecular formula is C42H70O7. The fourth-order valence-electron chi connectivity index (χ4n) is 5.50. The third-order valence-electron chi connectivity index (χ3n) is 8.47. The molecule has 0 aliphatic heterocycles. The van der Waals surface area contributed by atoms with Gasteiger partial charge < -0.3 is 33.2 Å². The topological polar surface area (TPSA) is 64.6 Å². The van der Waals surface area contributed by atoms with Crippen molar-refractivity contribution in [1.82, 2.24) is 0 Å². The largest absolute Gasteiger partial charge is 0.491 e. The Labute approximate surface area is 299 Å². The summed E-state index contributed by atoms with van der Waals surface area (Å²) in [6, 6.07) is 17.0. The third kappa shape index (κ3) is 26.3. The standard InChI is InChI=1S/C42H70O7/c1-3-5-7-9-11-13-15-17-39-19-23-41(24-20-39)48-37-35-46-33-31-44-29-27-43-28-30-45-32-34-47-36-38-49-42-25-21-40(22-26-42)18-16-14-12-10-8-6-4-2/h19-26H,3-18,27-38H2,1-2H3. The Morgan fingerprint density at radius 3 is 0.878 bits per heavy atom. The van der Waals surface area contributed by atoms with Gasteiger partial charge in [-0.15, -0.1) is 0 Å². The SMILES string of the molecule is CCCCCCCCCc1ccc(OCCOCCOCCOCCOCCOCCOc2ccc(CCCCCCCCC)cc2)cc1. The van der Waals surface area contributed by atoms with Crippen molar-refractivity contribution in [1.29, 1.82) is 0 Å². The van der Waals surface area contributed by atoms with Gasteiger partial charge >= 0.3 is 0 Å². The summed E-state index contributed by atoms with van der Waals surface area (Å²) in [4.78, 5) is 0. The van der Waals surface area contributed by atoms with Crippen LogP contribution in [0.15, 0.2) is 48.5 Å². The highest BCUT2D eigenvalue weighted by molar-refractivity contribution is 5.28. The summed E-state index contributed by atoms with van der Waals surface area (Å²) in [6.45, 7) is 11.0. The van der Waals surface area contributed by atoms with E-state index in [0.717, 1.165) is 24.3 Å². The molecule has 0 N–H and O–H groups in total. The van der Waals surface area contributed by atoms with Gasteiger partial charge in [0.1, 0.15) is 24.7 Å². The van der Waals surface area contributed by atoms with E-state index < -0.39 is 0 Å². The van der Waals surface area contributed by atoms with E-state index >= 15 is 0 Å². The van der Waals surface area contributed by atoms with Crippen molar-refractivity contribution in [3.05, 3.63) is 59.7 Å². The van der Waals surface area contributed by atoms with Gasteiger partial charge in [0.2, 0.25) is 0 Å². The number of benzene rings is 2. The van der Waals surface area contributed by atoms with Crippen LogP contribution >= 0.6 is 0 Å². The molecule has 2 aromatic rings. The Morgan fingerprint density at radius 2 is 0.571 bits per heavy atom. The first-order valence-corrected chi connectivity index (χ1v) is 19.6. The first-order chi connectivity index (χ1) is 24.3. The van der Waals surface area contributed by atoms with Crippen LogP contribution in [0, 0.1) is 0 Å². The number of rotatable bonds is 36.